The van der Waals surface area contributed by atoms with Gasteiger partial charge in [0.2, 0.25) is 5.43 Å². The average Bonchev–Trinajstić information content (AvgIpc) is 3.20. The standard InChI is InChI=1S/C23H19ClN2O4/c24-18-7-3-1-5-15(18)14-25-9-11-26(12-10-25)22(28)20-13-17-21(27)16-6-2-4-8-19(16)29-23(17)30-20/h1-8,13H,9-12,14H2. The largest absolute Gasteiger partial charge is 0.425 e. The van der Waals surface area contributed by atoms with Gasteiger partial charge in [-0.15, -0.1) is 0 Å². The number of rotatable bonds is 3. The maximum atomic E-state index is 12.9. The third-order valence-electron chi connectivity index (χ3n) is 5.50. The molecule has 2 aromatic heterocycles. The zero-order valence-electron chi connectivity index (χ0n) is 16.1. The molecule has 0 bridgehead atoms. The lowest BCUT2D eigenvalue weighted by Gasteiger charge is -2.34. The van der Waals surface area contributed by atoms with E-state index in [0.717, 1.165) is 30.2 Å². The fraction of sp³-hybridized carbons (Fsp3) is 0.217. The Morgan fingerprint density at radius 3 is 2.47 bits per heavy atom. The van der Waals surface area contributed by atoms with Crippen molar-refractivity contribution in [2.75, 3.05) is 26.2 Å². The molecule has 0 spiro atoms. The number of halogens is 1. The van der Waals surface area contributed by atoms with Crippen LogP contribution in [0.4, 0.5) is 0 Å². The van der Waals surface area contributed by atoms with Crippen molar-refractivity contribution < 1.29 is 13.6 Å². The first-order valence-corrected chi connectivity index (χ1v) is 10.2. The van der Waals surface area contributed by atoms with Crippen LogP contribution in [0.25, 0.3) is 22.1 Å². The molecule has 3 heterocycles. The molecule has 30 heavy (non-hydrogen) atoms. The van der Waals surface area contributed by atoms with Crippen LogP contribution in [0.3, 0.4) is 0 Å². The summed E-state index contributed by atoms with van der Waals surface area (Å²) >= 11 is 6.25. The Hall–Kier alpha value is -3.09. The summed E-state index contributed by atoms with van der Waals surface area (Å²) in [6.07, 6.45) is 0. The number of amides is 1. The first-order chi connectivity index (χ1) is 14.6. The van der Waals surface area contributed by atoms with Gasteiger partial charge >= 0.3 is 5.78 Å². The summed E-state index contributed by atoms with van der Waals surface area (Å²) in [6, 6.07) is 16.3. The van der Waals surface area contributed by atoms with Gasteiger partial charge in [0, 0.05) is 43.8 Å². The average molecular weight is 423 g/mol. The SMILES string of the molecule is O=C(c1cc2c(=O)c3ccccc3oc2o1)N1CCN(Cc2ccccc2Cl)CC1. The van der Waals surface area contributed by atoms with Crippen molar-refractivity contribution in [3.05, 3.63) is 81.2 Å². The second-order valence-corrected chi connectivity index (χ2v) is 7.81. The molecule has 1 fully saturated rings. The predicted molar refractivity (Wildman–Crippen MR) is 115 cm³/mol. The molecule has 2 aromatic carbocycles. The van der Waals surface area contributed by atoms with E-state index in [9.17, 15) is 9.59 Å². The summed E-state index contributed by atoms with van der Waals surface area (Å²) in [6.45, 7) is 3.36. The van der Waals surface area contributed by atoms with Crippen molar-refractivity contribution in [1.82, 2.24) is 9.80 Å². The molecule has 1 saturated heterocycles. The lowest BCUT2D eigenvalue weighted by molar-refractivity contribution is 0.0598. The number of furan rings is 1. The number of para-hydroxylation sites is 1. The van der Waals surface area contributed by atoms with E-state index in [2.05, 4.69) is 4.90 Å². The van der Waals surface area contributed by atoms with Gasteiger partial charge < -0.3 is 13.7 Å². The molecule has 0 radical (unpaired) electrons. The Balaban J connectivity index is 1.32. The lowest BCUT2D eigenvalue weighted by Crippen LogP contribution is -2.48. The van der Waals surface area contributed by atoms with Crippen LogP contribution in [0.5, 0.6) is 0 Å². The summed E-state index contributed by atoms with van der Waals surface area (Å²) in [5.41, 5.74) is 1.32. The van der Waals surface area contributed by atoms with Crippen molar-refractivity contribution in [3.8, 4) is 0 Å². The van der Waals surface area contributed by atoms with E-state index in [1.807, 2.05) is 24.3 Å². The van der Waals surface area contributed by atoms with Crippen molar-refractivity contribution >= 4 is 39.6 Å². The monoisotopic (exact) mass is 422 g/mol. The number of nitrogens with zero attached hydrogens (tertiary/aromatic N) is 2. The molecule has 0 saturated carbocycles. The highest BCUT2D eigenvalue weighted by Gasteiger charge is 2.26. The minimum atomic E-state index is -0.234. The zero-order chi connectivity index (χ0) is 20.7. The summed E-state index contributed by atoms with van der Waals surface area (Å²) in [7, 11) is 0. The van der Waals surface area contributed by atoms with Crippen molar-refractivity contribution in [2.45, 2.75) is 6.54 Å². The number of benzene rings is 2. The number of carbonyl (C=O) groups excluding carboxylic acids is 1. The highest BCUT2D eigenvalue weighted by Crippen LogP contribution is 2.23. The fourth-order valence-corrected chi connectivity index (χ4v) is 4.03. The van der Waals surface area contributed by atoms with Gasteiger partial charge in [-0.1, -0.05) is 41.9 Å². The van der Waals surface area contributed by atoms with Crippen molar-refractivity contribution in [1.29, 1.82) is 0 Å². The van der Waals surface area contributed by atoms with Crippen LogP contribution >= 0.6 is 11.6 Å². The molecule has 0 N–H and O–H groups in total. The molecule has 0 atom stereocenters. The number of carbonyl (C=O) groups is 1. The Morgan fingerprint density at radius 1 is 0.933 bits per heavy atom. The highest BCUT2D eigenvalue weighted by atomic mass is 35.5. The second kappa shape index (κ2) is 7.63. The third kappa shape index (κ3) is 3.38. The van der Waals surface area contributed by atoms with Gasteiger partial charge in [-0.2, -0.15) is 0 Å². The molecule has 1 aliphatic heterocycles. The van der Waals surface area contributed by atoms with E-state index < -0.39 is 0 Å². The molecule has 1 aliphatic rings. The second-order valence-electron chi connectivity index (χ2n) is 7.40. The quantitative estimate of drug-likeness (QED) is 0.496. The van der Waals surface area contributed by atoms with E-state index >= 15 is 0 Å². The van der Waals surface area contributed by atoms with Crippen molar-refractivity contribution in [3.63, 3.8) is 0 Å². The van der Waals surface area contributed by atoms with Gasteiger partial charge in [-0.3, -0.25) is 14.5 Å². The molecule has 4 aromatic rings. The molecule has 1 amide bonds. The molecule has 6 nitrogen and oxygen atoms in total. The van der Waals surface area contributed by atoms with Crippen LogP contribution < -0.4 is 5.43 Å². The number of hydrogen-bond acceptors (Lipinski definition) is 5. The van der Waals surface area contributed by atoms with E-state index in [1.54, 1.807) is 29.2 Å². The number of hydrogen-bond donors (Lipinski definition) is 0. The topological polar surface area (TPSA) is 66.9 Å². The van der Waals surface area contributed by atoms with Gasteiger partial charge in [0.25, 0.3) is 5.91 Å². The van der Waals surface area contributed by atoms with E-state index in [1.165, 1.54) is 6.07 Å². The zero-order valence-corrected chi connectivity index (χ0v) is 16.9. The molecular weight excluding hydrogens is 404 g/mol. The number of piperazine rings is 1. The third-order valence-corrected chi connectivity index (χ3v) is 5.87. The Labute approximate surface area is 177 Å². The molecule has 0 aliphatic carbocycles. The lowest BCUT2D eigenvalue weighted by atomic mass is 10.2. The van der Waals surface area contributed by atoms with Crippen molar-refractivity contribution in [2.24, 2.45) is 0 Å². The van der Waals surface area contributed by atoms with Crippen LogP contribution in [0, 0.1) is 0 Å². The summed E-state index contributed by atoms with van der Waals surface area (Å²) in [4.78, 5) is 29.6. The Morgan fingerprint density at radius 2 is 1.67 bits per heavy atom. The first-order valence-electron chi connectivity index (χ1n) is 9.80. The van der Waals surface area contributed by atoms with Gasteiger partial charge in [0.15, 0.2) is 5.76 Å². The molecule has 0 unspecified atom stereocenters. The maximum Gasteiger partial charge on any atom is 0.302 e. The smallest absolute Gasteiger partial charge is 0.302 e. The van der Waals surface area contributed by atoms with Crippen LogP contribution in [-0.2, 0) is 6.54 Å². The fourth-order valence-electron chi connectivity index (χ4n) is 3.83. The van der Waals surface area contributed by atoms with Gasteiger partial charge in [-0.25, -0.2) is 0 Å². The predicted octanol–water partition coefficient (Wildman–Crippen LogP) is 4.15. The minimum absolute atomic E-state index is 0.0828. The molecule has 152 valence electrons. The summed E-state index contributed by atoms with van der Waals surface area (Å²) < 4.78 is 11.3. The maximum absolute atomic E-state index is 12.9. The molecular formula is C23H19ClN2O4. The van der Waals surface area contributed by atoms with Crippen LogP contribution in [-0.4, -0.2) is 41.9 Å². The van der Waals surface area contributed by atoms with Crippen LogP contribution in [0.1, 0.15) is 16.1 Å². The summed E-state index contributed by atoms with van der Waals surface area (Å²) in [5, 5.41) is 1.51. The van der Waals surface area contributed by atoms with Crippen LogP contribution in [0.15, 0.2) is 68.2 Å². The number of fused-ring (bicyclic) bond motifs is 2. The summed E-state index contributed by atoms with van der Waals surface area (Å²) in [5.74, 6) is -0.0256. The van der Waals surface area contributed by atoms with E-state index in [-0.39, 0.29) is 28.3 Å². The Kier molecular flexibility index (Phi) is 4.81. The minimum Gasteiger partial charge on any atom is -0.425 e. The Bertz CT molecular complexity index is 1300. The van der Waals surface area contributed by atoms with Gasteiger partial charge in [-0.05, 0) is 23.8 Å². The van der Waals surface area contributed by atoms with E-state index in [4.69, 9.17) is 20.4 Å². The van der Waals surface area contributed by atoms with Gasteiger partial charge in [0.05, 0.1) is 5.39 Å². The first kappa shape index (κ1) is 18.9. The molecule has 7 heteroatoms. The highest BCUT2D eigenvalue weighted by molar-refractivity contribution is 6.31. The van der Waals surface area contributed by atoms with Gasteiger partial charge in [0.1, 0.15) is 11.0 Å². The van der Waals surface area contributed by atoms with E-state index in [0.29, 0.717) is 24.1 Å². The normalized spacial score (nSPS) is 15.2. The van der Waals surface area contributed by atoms with Crippen LogP contribution in [0.2, 0.25) is 5.02 Å². The molecule has 5 rings (SSSR count).